The average molecular weight is 152 g/mol. The third-order valence-corrected chi connectivity index (χ3v) is 1.38. The minimum absolute atomic E-state index is 0.0703. The van der Waals surface area contributed by atoms with Crippen molar-refractivity contribution >= 4 is 0 Å². The fraction of sp³-hybridized carbons (Fsp3) is 0.500. The van der Waals surface area contributed by atoms with Gasteiger partial charge in [-0.15, -0.1) is 0 Å². The maximum Gasteiger partial charge on any atom is 0.214 e. The molecule has 1 aromatic rings. The fourth-order valence-corrected chi connectivity index (χ4v) is 0.996. The minimum atomic E-state index is 0.0703. The molecule has 3 nitrogen and oxygen atoms in total. The van der Waals surface area contributed by atoms with Crippen LogP contribution in [0, 0.1) is 6.92 Å². The van der Waals surface area contributed by atoms with Crippen molar-refractivity contribution in [3.63, 3.8) is 0 Å². The molecule has 0 radical (unpaired) electrons. The van der Waals surface area contributed by atoms with Crippen LogP contribution in [-0.4, -0.2) is 15.1 Å². The van der Waals surface area contributed by atoms with Crippen LogP contribution >= 0.6 is 0 Å². The smallest absolute Gasteiger partial charge is 0.214 e. The highest BCUT2D eigenvalue weighted by Gasteiger charge is 1.97. The molecule has 1 heterocycles. The Labute approximate surface area is 66.1 Å². The third kappa shape index (κ3) is 2.18. The second-order valence-corrected chi connectivity index (χ2v) is 2.51. The largest absolute Gasteiger partial charge is 0.493 e. The Hall–Kier alpha value is -1.12. The lowest BCUT2D eigenvalue weighted by atomic mass is 10.2. The van der Waals surface area contributed by atoms with E-state index in [4.69, 9.17) is 5.11 Å². The van der Waals surface area contributed by atoms with Gasteiger partial charge in [-0.3, -0.25) is 0 Å². The van der Waals surface area contributed by atoms with Crippen molar-refractivity contribution in [2.45, 2.75) is 26.7 Å². The minimum Gasteiger partial charge on any atom is -0.493 e. The van der Waals surface area contributed by atoms with E-state index >= 15 is 0 Å². The first-order chi connectivity index (χ1) is 5.22. The van der Waals surface area contributed by atoms with Crippen LogP contribution in [0.1, 0.15) is 24.9 Å². The molecule has 1 N–H and O–H groups in total. The van der Waals surface area contributed by atoms with Crippen LogP contribution in [0.25, 0.3) is 0 Å². The van der Waals surface area contributed by atoms with Gasteiger partial charge < -0.3 is 5.11 Å². The SMILES string of the molecule is CCCc1cc(O)nc(C)n1. The number of hydrogen-bond acceptors (Lipinski definition) is 3. The van der Waals surface area contributed by atoms with Gasteiger partial charge in [-0.25, -0.2) is 4.98 Å². The molecule has 0 unspecified atom stereocenters. The first kappa shape index (κ1) is 7.98. The van der Waals surface area contributed by atoms with Gasteiger partial charge in [0.25, 0.3) is 0 Å². The quantitative estimate of drug-likeness (QED) is 0.697. The Bertz CT molecular complexity index is 228. The van der Waals surface area contributed by atoms with E-state index in [2.05, 4.69) is 16.9 Å². The van der Waals surface area contributed by atoms with E-state index in [1.54, 1.807) is 13.0 Å². The monoisotopic (exact) mass is 152 g/mol. The van der Waals surface area contributed by atoms with Gasteiger partial charge in [0.1, 0.15) is 5.82 Å². The molecular formula is C8H12N2O. The summed E-state index contributed by atoms with van der Waals surface area (Å²) in [7, 11) is 0. The molecule has 0 aliphatic heterocycles. The van der Waals surface area contributed by atoms with E-state index < -0.39 is 0 Å². The van der Waals surface area contributed by atoms with Crippen LogP contribution in [0.15, 0.2) is 6.07 Å². The van der Waals surface area contributed by atoms with Crippen molar-refractivity contribution < 1.29 is 5.11 Å². The summed E-state index contributed by atoms with van der Waals surface area (Å²) in [5.74, 6) is 0.703. The van der Waals surface area contributed by atoms with E-state index in [1.165, 1.54) is 0 Å². The standard InChI is InChI=1S/C8H12N2O/c1-3-4-7-5-8(11)10-6(2)9-7/h5H,3-4H2,1-2H3,(H,9,10,11). The summed E-state index contributed by atoms with van der Waals surface area (Å²) in [4.78, 5) is 7.91. The molecule has 0 spiro atoms. The molecule has 0 bridgehead atoms. The molecule has 11 heavy (non-hydrogen) atoms. The molecule has 0 fully saturated rings. The molecule has 1 aromatic heterocycles. The van der Waals surface area contributed by atoms with E-state index in [-0.39, 0.29) is 5.88 Å². The van der Waals surface area contributed by atoms with Crippen molar-refractivity contribution in [1.82, 2.24) is 9.97 Å². The number of nitrogens with zero attached hydrogens (tertiary/aromatic N) is 2. The Balaban J connectivity index is 2.89. The molecule has 60 valence electrons. The topological polar surface area (TPSA) is 46.0 Å². The van der Waals surface area contributed by atoms with Crippen LogP contribution in [0.4, 0.5) is 0 Å². The van der Waals surface area contributed by atoms with Crippen LogP contribution in [-0.2, 0) is 6.42 Å². The van der Waals surface area contributed by atoms with Gasteiger partial charge >= 0.3 is 0 Å². The summed E-state index contributed by atoms with van der Waals surface area (Å²) in [6.45, 7) is 3.85. The zero-order valence-corrected chi connectivity index (χ0v) is 6.83. The summed E-state index contributed by atoms with van der Waals surface area (Å²) in [5.41, 5.74) is 0.914. The highest BCUT2D eigenvalue weighted by molar-refractivity contribution is 5.14. The fourth-order valence-electron chi connectivity index (χ4n) is 0.996. The Morgan fingerprint density at radius 1 is 1.45 bits per heavy atom. The lowest BCUT2D eigenvalue weighted by molar-refractivity contribution is 0.448. The lowest BCUT2D eigenvalue weighted by Gasteiger charge is -1.99. The summed E-state index contributed by atoms with van der Waals surface area (Å²) in [6.07, 6.45) is 1.94. The predicted molar refractivity (Wildman–Crippen MR) is 42.4 cm³/mol. The second kappa shape index (κ2) is 3.32. The van der Waals surface area contributed by atoms with Crippen molar-refractivity contribution in [2.24, 2.45) is 0 Å². The first-order valence-corrected chi connectivity index (χ1v) is 3.76. The number of aromatic nitrogens is 2. The normalized spacial score (nSPS) is 10.0. The van der Waals surface area contributed by atoms with Gasteiger partial charge in [-0.05, 0) is 13.3 Å². The summed E-state index contributed by atoms with van der Waals surface area (Å²) in [6, 6.07) is 1.61. The number of rotatable bonds is 2. The molecule has 0 aromatic carbocycles. The van der Waals surface area contributed by atoms with Gasteiger partial charge in [-0.2, -0.15) is 4.98 Å². The van der Waals surface area contributed by atoms with E-state index in [0.29, 0.717) is 5.82 Å². The van der Waals surface area contributed by atoms with Crippen molar-refractivity contribution in [2.75, 3.05) is 0 Å². The Kier molecular flexibility index (Phi) is 2.41. The summed E-state index contributed by atoms with van der Waals surface area (Å²) in [5, 5.41) is 9.07. The van der Waals surface area contributed by atoms with Crippen molar-refractivity contribution in [3.05, 3.63) is 17.6 Å². The maximum atomic E-state index is 9.07. The number of aromatic hydroxyl groups is 1. The van der Waals surface area contributed by atoms with Gasteiger partial charge in [0.2, 0.25) is 5.88 Å². The Morgan fingerprint density at radius 2 is 2.18 bits per heavy atom. The number of aryl methyl sites for hydroxylation is 2. The lowest BCUT2D eigenvalue weighted by Crippen LogP contribution is -1.94. The van der Waals surface area contributed by atoms with Crippen LogP contribution in [0.2, 0.25) is 0 Å². The summed E-state index contributed by atoms with van der Waals surface area (Å²) >= 11 is 0. The van der Waals surface area contributed by atoms with E-state index in [1.807, 2.05) is 0 Å². The molecule has 3 heteroatoms. The van der Waals surface area contributed by atoms with Gasteiger partial charge in [0, 0.05) is 11.8 Å². The molecule has 0 saturated carbocycles. The average Bonchev–Trinajstić information content (AvgIpc) is 1.85. The zero-order valence-electron chi connectivity index (χ0n) is 6.83. The van der Waals surface area contributed by atoms with Crippen LogP contribution < -0.4 is 0 Å². The van der Waals surface area contributed by atoms with Crippen LogP contribution in [0.5, 0.6) is 5.88 Å². The third-order valence-electron chi connectivity index (χ3n) is 1.38. The van der Waals surface area contributed by atoms with Crippen LogP contribution in [0.3, 0.4) is 0 Å². The Morgan fingerprint density at radius 3 is 2.73 bits per heavy atom. The molecule has 1 rings (SSSR count). The van der Waals surface area contributed by atoms with E-state index in [9.17, 15) is 0 Å². The maximum absolute atomic E-state index is 9.07. The van der Waals surface area contributed by atoms with Gasteiger partial charge in [0.05, 0.1) is 0 Å². The number of hydrogen-bond donors (Lipinski definition) is 1. The molecule has 0 aliphatic rings. The molecule has 0 amide bonds. The van der Waals surface area contributed by atoms with Gasteiger partial charge in [0.15, 0.2) is 0 Å². The molecule has 0 saturated heterocycles. The molecule has 0 aliphatic carbocycles. The molecule has 0 atom stereocenters. The zero-order chi connectivity index (χ0) is 8.27. The molecular weight excluding hydrogens is 140 g/mol. The summed E-state index contributed by atoms with van der Waals surface area (Å²) < 4.78 is 0. The highest BCUT2D eigenvalue weighted by Crippen LogP contribution is 2.07. The van der Waals surface area contributed by atoms with Gasteiger partial charge in [-0.1, -0.05) is 13.3 Å². The van der Waals surface area contributed by atoms with Crippen molar-refractivity contribution in [1.29, 1.82) is 0 Å². The predicted octanol–water partition coefficient (Wildman–Crippen LogP) is 1.44. The van der Waals surface area contributed by atoms with E-state index in [0.717, 1.165) is 18.5 Å². The van der Waals surface area contributed by atoms with Crippen molar-refractivity contribution in [3.8, 4) is 5.88 Å². The second-order valence-electron chi connectivity index (χ2n) is 2.51. The highest BCUT2D eigenvalue weighted by atomic mass is 16.3. The first-order valence-electron chi connectivity index (χ1n) is 3.76.